The number of hydrogen-bond donors (Lipinski definition) is 0. The van der Waals surface area contributed by atoms with Gasteiger partial charge in [-0.1, -0.05) is 130 Å². The van der Waals surface area contributed by atoms with Crippen molar-refractivity contribution in [2.24, 2.45) is 17.8 Å². The molecule has 1 aliphatic carbocycles. The van der Waals surface area contributed by atoms with Crippen molar-refractivity contribution in [3.05, 3.63) is 83.2 Å². The van der Waals surface area contributed by atoms with E-state index in [1.54, 1.807) is 0 Å². The molecule has 0 saturated heterocycles. The van der Waals surface area contributed by atoms with Crippen LogP contribution in [0, 0.1) is 17.8 Å². The Labute approximate surface area is 268 Å². The fraction of sp³-hybridized carbons (Fsp3) is 0.590. The highest BCUT2D eigenvalue weighted by atomic mass is 28.3. The zero-order valence-corrected chi connectivity index (χ0v) is 30.0. The molecule has 4 rings (SSSR count). The molecule has 2 aliphatic rings. The average Bonchev–Trinajstić information content (AvgIpc) is 2.98. The van der Waals surface area contributed by atoms with Crippen LogP contribution in [0.2, 0.25) is 16.6 Å². The Kier molecular flexibility index (Phi) is 10.7. The zero-order valence-electron chi connectivity index (χ0n) is 29.0. The Balaban J connectivity index is 1.77. The number of carbonyl (C=O) groups is 2. The number of nitrogens with zero attached hydrogens (tertiary/aromatic N) is 1. The summed E-state index contributed by atoms with van der Waals surface area (Å²) < 4.78 is 6.66. The van der Waals surface area contributed by atoms with Crippen molar-refractivity contribution in [2.45, 2.75) is 129 Å². The van der Waals surface area contributed by atoms with Gasteiger partial charge in [0, 0.05) is 18.5 Å². The van der Waals surface area contributed by atoms with Crippen LogP contribution in [0.3, 0.4) is 0 Å². The maximum atomic E-state index is 14.5. The number of Topliss-reactive ketones (excluding diaryl/α,β-unsaturated/α-hetero) is 1. The van der Waals surface area contributed by atoms with Crippen LogP contribution in [-0.4, -0.2) is 31.0 Å². The summed E-state index contributed by atoms with van der Waals surface area (Å²) in [5.41, 5.74) is 3.20. The molecule has 2 aromatic carbocycles. The van der Waals surface area contributed by atoms with Crippen molar-refractivity contribution in [1.82, 2.24) is 4.90 Å². The third kappa shape index (κ3) is 6.50. The second-order valence-electron chi connectivity index (χ2n) is 15.3. The molecule has 240 valence electrons. The predicted octanol–water partition coefficient (Wildman–Crippen LogP) is 10.7. The lowest BCUT2D eigenvalue weighted by molar-refractivity contribution is -0.117. The summed E-state index contributed by atoms with van der Waals surface area (Å²) in [6.07, 6.45) is 4.69. The summed E-state index contributed by atoms with van der Waals surface area (Å²) in [5.74, 6) is 1.58. The van der Waals surface area contributed by atoms with E-state index in [2.05, 4.69) is 99.6 Å². The SMILES string of the molecule is CC(C)[C@@H]1CC[C@@H](OC(=O)N2C=C([Si](C(C)C)(C(C)C)C(C)C)C(=O)C[C@H]2c2ccccc2)[C@H](C(C)(C)c2ccccc2)C1. The van der Waals surface area contributed by atoms with Gasteiger partial charge in [0.05, 0.1) is 6.04 Å². The van der Waals surface area contributed by atoms with Gasteiger partial charge in [-0.15, -0.1) is 0 Å². The number of ketones is 1. The van der Waals surface area contributed by atoms with Gasteiger partial charge in [0.25, 0.3) is 0 Å². The maximum Gasteiger partial charge on any atom is 0.414 e. The second-order valence-corrected chi connectivity index (χ2v) is 21.2. The molecular weight excluding hydrogens is 559 g/mol. The first-order valence-electron chi connectivity index (χ1n) is 17.1. The van der Waals surface area contributed by atoms with Gasteiger partial charge in [0.1, 0.15) is 14.2 Å². The smallest absolute Gasteiger partial charge is 0.414 e. The molecule has 5 heteroatoms. The van der Waals surface area contributed by atoms with E-state index < -0.39 is 8.07 Å². The molecule has 4 atom stereocenters. The number of ether oxygens (including phenoxy) is 1. The van der Waals surface area contributed by atoms with Crippen LogP contribution in [0.25, 0.3) is 0 Å². The predicted molar refractivity (Wildman–Crippen MR) is 185 cm³/mol. The number of allylic oxidation sites excluding steroid dienone is 1. The van der Waals surface area contributed by atoms with E-state index in [1.165, 1.54) is 5.56 Å². The fourth-order valence-corrected chi connectivity index (χ4v) is 15.9. The van der Waals surface area contributed by atoms with Gasteiger partial charge in [-0.25, -0.2) is 4.79 Å². The van der Waals surface area contributed by atoms with E-state index in [-0.39, 0.29) is 35.4 Å². The molecule has 1 fully saturated rings. The van der Waals surface area contributed by atoms with Crippen molar-refractivity contribution in [2.75, 3.05) is 0 Å². The van der Waals surface area contributed by atoms with Gasteiger partial charge in [-0.3, -0.25) is 9.69 Å². The molecule has 4 nitrogen and oxygen atoms in total. The van der Waals surface area contributed by atoms with E-state index in [9.17, 15) is 9.59 Å². The first kappa shape index (κ1) is 34.2. The number of benzene rings is 2. The molecule has 0 radical (unpaired) electrons. The minimum Gasteiger partial charge on any atom is -0.446 e. The number of rotatable bonds is 9. The van der Waals surface area contributed by atoms with Crippen LogP contribution in [0.5, 0.6) is 0 Å². The molecule has 0 spiro atoms. The first-order chi connectivity index (χ1) is 20.7. The topological polar surface area (TPSA) is 46.6 Å². The Hall–Kier alpha value is -2.66. The van der Waals surface area contributed by atoms with E-state index in [4.69, 9.17) is 4.74 Å². The Morgan fingerprint density at radius 1 is 0.841 bits per heavy atom. The van der Waals surface area contributed by atoms with Crippen LogP contribution in [0.15, 0.2) is 72.1 Å². The second kappa shape index (κ2) is 13.8. The van der Waals surface area contributed by atoms with Crippen molar-refractivity contribution in [1.29, 1.82) is 0 Å². The molecule has 1 aliphatic heterocycles. The van der Waals surface area contributed by atoms with Crippen molar-refractivity contribution < 1.29 is 14.3 Å². The normalized spacial score (nSPS) is 23.5. The summed E-state index contributed by atoms with van der Waals surface area (Å²) in [6.45, 7) is 22.9. The van der Waals surface area contributed by atoms with Crippen LogP contribution in [0.4, 0.5) is 4.79 Å². The van der Waals surface area contributed by atoms with Gasteiger partial charge in [-0.05, 0) is 69.5 Å². The lowest BCUT2D eigenvalue weighted by atomic mass is 9.62. The van der Waals surface area contributed by atoms with Gasteiger partial charge in [-0.2, -0.15) is 0 Å². The molecule has 0 bridgehead atoms. The summed E-state index contributed by atoms with van der Waals surface area (Å²) in [6, 6.07) is 20.4. The summed E-state index contributed by atoms with van der Waals surface area (Å²) in [4.78, 5) is 30.5. The summed E-state index contributed by atoms with van der Waals surface area (Å²) in [7, 11) is -2.31. The van der Waals surface area contributed by atoms with Crippen LogP contribution >= 0.6 is 0 Å². The van der Waals surface area contributed by atoms with E-state index in [0.717, 1.165) is 30.0 Å². The first-order valence-corrected chi connectivity index (χ1v) is 19.3. The highest BCUT2D eigenvalue weighted by molar-refractivity contribution is 6.93. The third-order valence-corrected chi connectivity index (χ3v) is 18.6. The van der Waals surface area contributed by atoms with Crippen molar-refractivity contribution >= 4 is 20.0 Å². The number of amides is 1. The molecule has 0 N–H and O–H groups in total. The van der Waals surface area contributed by atoms with Crippen LogP contribution in [0.1, 0.15) is 112 Å². The third-order valence-electron chi connectivity index (χ3n) is 11.5. The molecule has 0 unspecified atom stereocenters. The summed E-state index contributed by atoms with van der Waals surface area (Å²) in [5, 5.41) is 0.909. The largest absolute Gasteiger partial charge is 0.446 e. The molecule has 44 heavy (non-hydrogen) atoms. The van der Waals surface area contributed by atoms with Crippen LogP contribution in [-0.2, 0) is 14.9 Å². The van der Waals surface area contributed by atoms with Gasteiger partial charge >= 0.3 is 6.09 Å². The maximum absolute atomic E-state index is 14.5. The van der Waals surface area contributed by atoms with Gasteiger partial charge in [0.15, 0.2) is 5.78 Å². The van der Waals surface area contributed by atoms with Crippen molar-refractivity contribution in [3.8, 4) is 0 Å². The van der Waals surface area contributed by atoms with E-state index in [0.29, 0.717) is 34.9 Å². The Morgan fingerprint density at radius 2 is 1.39 bits per heavy atom. The molecular formula is C39H57NO3Si. The lowest BCUT2D eigenvalue weighted by Crippen LogP contribution is -2.52. The lowest BCUT2D eigenvalue weighted by Gasteiger charge is -2.48. The van der Waals surface area contributed by atoms with E-state index >= 15 is 0 Å². The minimum atomic E-state index is -2.31. The van der Waals surface area contributed by atoms with E-state index in [1.807, 2.05) is 41.4 Å². The Bertz CT molecular complexity index is 1280. The van der Waals surface area contributed by atoms with Crippen LogP contribution < -0.4 is 0 Å². The zero-order chi connectivity index (χ0) is 32.4. The Morgan fingerprint density at radius 3 is 1.91 bits per heavy atom. The molecule has 1 heterocycles. The molecule has 2 aromatic rings. The average molecular weight is 616 g/mol. The highest BCUT2D eigenvalue weighted by Gasteiger charge is 2.51. The van der Waals surface area contributed by atoms with Gasteiger partial charge < -0.3 is 4.74 Å². The number of carbonyl (C=O) groups excluding carboxylic acids is 2. The minimum absolute atomic E-state index is 0.160. The molecule has 1 saturated carbocycles. The molecule has 0 aromatic heterocycles. The molecule has 1 amide bonds. The van der Waals surface area contributed by atoms with Gasteiger partial charge in [0.2, 0.25) is 0 Å². The number of hydrogen-bond acceptors (Lipinski definition) is 3. The monoisotopic (exact) mass is 615 g/mol. The highest BCUT2D eigenvalue weighted by Crippen LogP contribution is 2.50. The summed E-state index contributed by atoms with van der Waals surface area (Å²) >= 11 is 0. The standard InChI is InChI=1S/C39H57NO3Si/c1-26(2)31-21-22-36(33(23-31)39(9,10)32-19-15-12-16-20-32)43-38(42)40-25-37(44(27(3)4,28(5)6)29(7)8)35(41)24-34(40)30-17-13-11-14-18-30/h11-20,25-29,31,33-34,36H,21-24H2,1-10H3/t31-,33-,34+,36-/m1/s1. The fourth-order valence-electron chi connectivity index (χ4n) is 9.06. The van der Waals surface area contributed by atoms with Crippen molar-refractivity contribution in [3.63, 3.8) is 0 Å². The quantitative estimate of drug-likeness (QED) is 0.264.